The van der Waals surface area contributed by atoms with Crippen LogP contribution in [0, 0.1) is 12.8 Å². The Balaban J connectivity index is 2.97. The van der Waals surface area contributed by atoms with Gasteiger partial charge in [-0.05, 0) is 32.9 Å². The van der Waals surface area contributed by atoms with Gasteiger partial charge in [0.25, 0.3) is 0 Å². The van der Waals surface area contributed by atoms with Crippen LogP contribution in [0.15, 0.2) is 29.3 Å². The largest absolute Gasteiger partial charge is 0.458 e. The van der Waals surface area contributed by atoms with Crippen LogP contribution in [-0.4, -0.2) is 17.8 Å². The predicted molar refractivity (Wildman–Crippen MR) is 74.3 cm³/mol. The van der Waals surface area contributed by atoms with Gasteiger partial charge in [0.2, 0.25) is 0 Å². The molecule has 0 heterocycles. The highest BCUT2D eigenvalue weighted by Crippen LogP contribution is 2.15. The van der Waals surface area contributed by atoms with Gasteiger partial charge in [-0.2, -0.15) is 0 Å². The van der Waals surface area contributed by atoms with Crippen LogP contribution in [0.1, 0.15) is 33.3 Å². The van der Waals surface area contributed by atoms with E-state index in [2.05, 4.69) is 4.99 Å². The zero-order chi connectivity index (χ0) is 13.7. The molecule has 0 radical (unpaired) electrons. The second kappa shape index (κ2) is 6.34. The second-order valence-corrected chi connectivity index (χ2v) is 4.94. The van der Waals surface area contributed by atoms with E-state index in [9.17, 15) is 4.79 Å². The number of nitrogens with zero attached hydrogens (tertiary/aromatic N) is 1. The summed E-state index contributed by atoms with van der Waals surface area (Å²) < 4.78 is 5.20. The third-order valence-corrected chi connectivity index (χ3v) is 2.38. The molecule has 0 fully saturated rings. The molecule has 0 aromatic heterocycles. The van der Waals surface area contributed by atoms with E-state index in [1.54, 1.807) is 0 Å². The summed E-state index contributed by atoms with van der Waals surface area (Å²) >= 11 is 0. The van der Waals surface area contributed by atoms with Gasteiger partial charge in [-0.15, -0.1) is 0 Å². The van der Waals surface area contributed by atoms with E-state index in [4.69, 9.17) is 4.74 Å². The molecule has 0 amide bonds. The van der Waals surface area contributed by atoms with Crippen molar-refractivity contribution in [2.75, 3.05) is 0 Å². The Hall–Kier alpha value is -1.64. The van der Waals surface area contributed by atoms with Crippen LogP contribution >= 0.6 is 0 Å². The first-order chi connectivity index (χ1) is 8.40. The molecule has 0 saturated carbocycles. The van der Waals surface area contributed by atoms with Crippen molar-refractivity contribution in [3.63, 3.8) is 0 Å². The highest BCUT2D eigenvalue weighted by molar-refractivity contribution is 6.37. The zero-order valence-electron chi connectivity index (χ0n) is 11.7. The average Bonchev–Trinajstić information content (AvgIpc) is 2.26. The van der Waals surface area contributed by atoms with Crippen LogP contribution in [0.2, 0.25) is 0 Å². The number of rotatable bonds is 4. The van der Waals surface area contributed by atoms with Gasteiger partial charge >= 0.3 is 5.97 Å². The first kappa shape index (κ1) is 14.4. The van der Waals surface area contributed by atoms with Crippen molar-refractivity contribution >= 4 is 17.4 Å². The zero-order valence-corrected chi connectivity index (χ0v) is 11.7. The Morgan fingerprint density at radius 3 is 2.11 bits per heavy atom. The van der Waals surface area contributed by atoms with Crippen molar-refractivity contribution in [1.82, 2.24) is 0 Å². The Kier molecular flexibility index (Phi) is 5.08. The van der Waals surface area contributed by atoms with E-state index >= 15 is 0 Å². The topological polar surface area (TPSA) is 38.7 Å². The summed E-state index contributed by atoms with van der Waals surface area (Å²) in [5, 5.41) is 0. The van der Waals surface area contributed by atoms with Gasteiger partial charge in [0.05, 0.1) is 11.8 Å². The molecule has 1 aromatic rings. The Labute approximate surface area is 109 Å². The van der Waals surface area contributed by atoms with Crippen molar-refractivity contribution in [3.05, 3.63) is 29.8 Å². The minimum Gasteiger partial charge on any atom is -0.458 e. The smallest absolute Gasteiger partial charge is 0.353 e. The molecule has 1 aromatic carbocycles. The van der Waals surface area contributed by atoms with Gasteiger partial charge in [0.15, 0.2) is 0 Å². The van der Waals surface area contributed by atoms with Crippen LogP contribution in [0.5, 0.6) is 0 Å². The fraction of sp³-hybridized carbons (Fsp3) is 0.467. The number of esters is 1. The number of aryl methyl sites for hydroxylation is 1. The standard InChI is InChI=1S/C15H21NO2/c1-10(2)14(15(17)18-11(3)4)16-13-8-6-12(5)7-9-13/h6-11H,1-5H3/b16-14-. The van der Waals surface area contributed by atoms with Crippen molar-refractivity contribution < 1.29 is 9.53 Å². The van der Waals surface area contributed by atoms with Crippen molar-refractivity contribution in [2.24, 2.45) is 10.9 Å². The highest BCUT2D eigenvalue weighted by Gasteiger charge is 2.18. The van der Waals surface area contributed by atoms with Gasteiger partial charge in [0.1, 0.15) is 5.71 Å². The third-order valence-electron chi connectivity index (χ3n) is 2.38. The summed E-state index contributed by atoms with van der Waals surface area (Å²) in [4.78, 5) is 16.3. The molecular formula is C15H21NO2. The number of hydrogen-bond donors (Lipinski definition) is 0. The van der Waals surface area contributed by atoms with Crippen molar-refractivity contribution in [1.29, 1.82) is 0 Å². The summed E-state index contributed by atoms with van der Waals surface area (Å²) in [7, 11) is 0. The van der Waals surface area contributed by atoms with Gasteiger partial charge < -0.3 is 4.74 Å². The SMILES string of the molecule is Cc1ccc(/N=C(\C(=O)OC(C)C)C(C)C)cc1. The van der Waals surface area contributed by atoms with Crippen LogP contribution in [0.25, 0.3) is 0 Å². The molecule has 98 valence electrons. The number of benzene rings is 1. The van der Waals surface area contributed by atoms with Crippen LogP contribution in [0.4, 0.5) is 5.69 Å². The molecule has 0 unspecified atom stereocenters. The highest BCUT2D eigenvalue weighted by atomic mass is 16.5. The van der Waals surface area contributed by atoms with Crippen molar-refractivity contribution in [2.45, 2.75) is 40.7 Å². The van der Waals surface area contributed by atoms with Gasteiger partial charge in [0, 0.05) is 5.92 Å². The minimum atomic E-state index is -0.333. The average molecular weight is 247 g/mol. The normalized spacial score (nSPS) is 12.1. The molecule has 3 nitrogen and oxygen atoms in total. The first-order valence-corrected chi connectivity index (χ1v) is 6.26. The lowest BCUT2D eigenvalue weighted by Gasteiger charge is -2.12. The summed E-state index contributed by atoms with van der Waals surface area (Å²) in [6.45, 7) is 9.57. The maximum atomic E-state index is 11.9. The number of aliphatic imine (C=N–C) groups is 1. The van der Waals surface area contributed by atoms with E-state index in [-0.39, 0.29) is 18.0 Å². The van der Waals surface area contributed by atoms with Gasteiger partial charge in [-0.25, -0.2) is 9.79 Å². The van der Waals surface area contributed by atoms with E-state index in [1.165, 1.54) is 5.56 Å². The molecule has 3 heteroatoms. The van der Waals surface area contributed by atoms with Crippen molar-refractivity contribution in [3.8, 4) is 0 Å². The quantitative estimate of drug-likeness (QED) is 0.601. The predicted octanol–water partition coefficient (Wildman–Crippen LogP) is 3.68. The summed E-state index contributed by atoms with van der Waals surface area (Å²) in [5.41, 5.74) is 2.42. The Morgan fingerprint density at radius 1 is 1.11 bits per heavy atom. The van der Waals surface area contributed by atoms with E-state index in [1.807, 2.05) is 58.9 Å². The lowest BCUT2D eigenvalue weighted by molar-refractivity contribution is -0.139. The lowest BCUT2D eigenvalue weighted by atomic mass is 10.1. The molecule has 0 spiro atoms. The van der Waals surface area contributed by atoms with Crippen LogP contribution in [0.3, 0.4) is 0 Å². The molecular weight excluding hydrogens is 226 g/mol. The maximum absolute atomic E-state index is 11.9. The molecule has 0 aliphatic heterocycles. The molecule has 1 rings (SSSR count). The Morgan fingerprint density at radius 2 is 1.67 bits per heavy atom. The molecule has 0 aliphatic carbocycles. The Bertz CT molecular complexity index is 430. The number of carbonyl (C=O) groups is 1. The number of ether oxygens (including phenoxy) is 1. The van der Waals surface area contributed by atoms with E-state index in [0.29, 0.717) is 5.71 Å². The van der Waals surface area contributed by atoms with Crippen LogP contribution < -0.4 is 0 Å². The lowest BCUT2D eigenvalue weighted by Crippen LogP contribution is -2.25. The monoisotopic (exact) mass is 247 g/mol. The molecule has 0 saturated heterocycles. The van der Waals surface area contributed by atoms with E-state index in [0.717, 1.165) is 5.69 Å². The number of hydrogen-bond acceptors (Lipinski definition) is 3. The summed E-state index contributed by atoms with van der Waals surface area (Å²) in [5.74, 6) is -0.293. The molecule has 0 N–H and O–H groups in total. The molecule has 0 atom stereocenters. The second-order valence-electron chi connectivity index (χ2n) is 4.94. The van der Waals surface area contributed by atoms with Crippen LogP contribution in [-0.2, 0) is 9.53 Å². The first-order valence-electron chi connectivity index (χ1n) is 6.26. The maximum Gasteiger partial charge on any atom is 0.353 e. The summed E-state index contributed by atoms with van der Waals surface area (Å²) in [6.07, 6.45) is -0.125. The molecule has 0 aliphatic rings. The third kappa shape index (κ3) is 4.32. The van der Waals surface area contributed by atoms with E-state index < -0.39 is 0 Å². The van der Waals surface area contributed by atoms with Gasteiger partial charge in [-0.3, -0.25) is 0 Å². The molecule has 0 bridgehead atoms. The number of carbonyl (C=O) groups excluding carboxylic acids is 1. The van der Waals surface area contributed by atoms with Gasteiger partial charge in [-0.1, -0.05) is 31.5 Å². The molecule has 18 heavy (non-hydrogen) atoms. The summed E-state index contributed by atoms with van der Waals surface area (Å²) in [6, 6.07) is 7.76. The fourth-order valence-corrected chi connectivity index (χ4v) is 1.44. The fourth-order valence-electron chi connectivity index (χ4n) is 1.44. The minimum absolute atomic E-state index is 0.0394.